The van der Waals surface area contributed by atoms with Crippen LogP contribution in [0.15, 0.2) is 53.6 Å². The molecule has 7 nitrogen and oxygen atoms in total. The largest absolute Gasteiger partial charge is 0.497 e. The molecule has 1 fully saturated rings. The Kier molecular flexibility index (Phi) is 7.19. The van der Waals surface area contributed by atoms with Gasteiger partial charge in [0.1, 0.15) is 11.9 Å². The second-order valence-electron chi connectivity index (χ2n) is 9.02. The average Bonchev–Trinajstić information content (AvgIpc) is 2.87. The third-order valence-corrected chi connectivity index (χ3v) is 7.72. The zero-order valence-electron chi connectivity index (χ0n) is 19.5. The lowest BCUT2D eigenvalue weighted by Crippen LogP contribution is -2.51. The summed E-state index contributed by atoms with van der Waals surface area (Å²) in [6.07, 6.45) is 0.536. The van der Waals surface area contributed by atoms with E-state index in [4.69, 9.17) is 4.74 Å². The number of benzene rings is 2. The van der Waals surface area contributed by atoms with Gasteiger partial charge in [0.2, 0.25) is 5.91 Å². The van der Waals surface area contributed by atoms with Crippen molar-refractivity contribution in [2.75, 3.05) is 37.8 Å². The molecule has 0 unspecified atom stereocenters. The number of aliphatic hydroxyl groups excluding tert-OH is 1. The van der Waals surface area contributed by atoms with Crippen LogP contribution in [0, 0.1) is 0 Å². The fraction of sp³-hybridized carbons (Fsp3) is 0.385. The van der Waals surface area contributed by atoms with Gasteiger partial charge in [-0.15, -0.1) is 11.8 Å². The number of fused-ring (bicyclic) bond motifs is 2. The third kappa shape index (κ3) is 5.43. The lowest BCUT2D eigenvalue weighted by molar-refractivity contribution is -0.113. The smallest absolute Gasteiger partial charge is 0.234 e. The first kappa shape index (κ1) is 24.0. The van der Waals surface area contributed by atoms with E-state index in [9.17, 15) is 9.90 Å². The van der Waals surface area contributed by atoms with Gasteiger partial charge in [-0.2, -0.15) is 0 Å². The number of pyridine rings is 1. The van der Waals surface area contributed by atoms with Crippen molar-refractivity contribution in [2.45, 2.75) is 36.2 Å². The molecule has 2 aromatic carbocycles. The van der Waals surface area contributed by atoms with E-state index in [1.807, 2.05) is 47.4 Å². The highest BCUT2D eigenvalue weighted by atomic mass is 32.2. The van der Waals surface area contributed by atoms with Crippen LogP contribution in [-0.4, -0.2) is 65.6 Å². The SMILES string of the molecule is COc1ccc2nccc([C@@H](O)CN3CC[C@H](NCc4ccc5c(c4)NC(=O)CS5)[C@H](F)C3)c2c1. The number of amides is 1. The highest BCUT2D eigenvalue weighted by Gasteiger charge is 2.30. The fourth-order valence-electron chi connectivity index (χ4n) is 4.76. The molecule has 0 radical (unpaired) electrons. The standard InChI is InChI=1S/C26H29FN4O3S/c1-34-17-3-4-21-19(11-17)18(6-8-28-21)24(32)14-31-9-7-22(20(27)13-31)29-12-16-2-5-25-23(10-16)30-26(33)15-35-25/h2-6,8,10-11,20,22,24,29,32H,7,9,12-15H2,1H3,(H,30,33)/t20-,22+,24+/m1/s1. The Hall–Kier alpha value is -2.72. The van der Waals surface area contributed by atoms with Crippen LogP contribution < -0.4 is 15.4 Å². The van der Waals surface area contributed by atoms with Crippen molar-refractivity contribution >= 4 is 34.3 Å². The number of β-amino-alcohol motifs (C(OH)–C–C–N with tert-alkyl or cyclic N) is 1. The van der Waals surface area contributed by atoms with Gasteiger partial charge in [0.25, 0.3) is 0 Å². The van der Waals surface area contributed by atoms with Crippen LogP contribution >= 0.6 is 11.8 Å². The topological polar surface area (TPSA) is 86.7 Å². The van der Waals surface area contributed by atoms with Crippen LogP contribution in [-0.2, 0) is 11.3 Å². The molecular formula is C26H29FN4O3S. The molecule has 3 N–H and O–H groups in total. The molecule has 0 bridgehead atoms. The van der Waals surface area contributed by atoms with Gasteiger partial charge >= 0.3 is 0 Å². The molecule has 35 heavy (non-hydrogen) atoms. The molecule has 3 aromatic rings. The number of piperidine rings is 1. The minimum Gasteiger partial charge on any atom is -0.497 e. The zero-order valence-corrected chi connectivity index (χ0v) is 20.4. The van der Waals surface area contributed by atoms with Gasteiger partial charge in [-0.05, 0) is 60.5 Å². The van der Waals surface area contributed by atoms with E-state index in [0.717, 1.165) is 32.6 Å². The Labute approximate surface area is 208 Å². The normalized spacial score (nSPS) is 21.4. The van der Waals surface area contributed by atoms with E-state index in [0.29, 0.717) is 37.6 Å². The molecule has 5 rings (SSSR count). The number of nitrogens with zero attached hydrogens (tertiary/aromatic N) is 2. The number of halogens is 1. The summed E-state index contributed by atoms with van der Waals surface area (Å²) in [4.78, 5) is 19.1. The number of anilines is 1. The Bertz CT molecular complexity index is 1230. The summed E-state index contributed by atoms with van der Waals surface area (Å²) in [5.41, 5.74) is 3.39. The van der Waals surface area contributed by atoms with Gasteiger partial charge in [-0.1, -0.05) is 6.07 Å². The van der Waals surface area contributed by atoms with Crippen LogP contribution in [0.5, 0.6) is 5.75 Å². The maximum Gasteiger partial charge on any atom is 0.234 e. The second kappa shape index (κ2) is 10.5. The molecule has 1 aromatic heterocycles. The van der Waals surface area contributed by atoms with Gasteiger partial charge < -0.3 is 20.5 Å². The molecule has 3 atom stereocenters. The van der Waals surface area contributed by atoms with Crippen molar-refractivity contribution in [1.29, 1.82) is 0 Å². The summed E-state index contributed by atoms with van der Waals surface area (Å²) in [7, 11) is 1.61. The predicted molar refractivity (Wildman–Crippen MR) is 136 cm³/mol. The highest BCUT2D eigenvalue weighted by Crippen LogP contribution is 2.32. The van der Waals surface area contributed by atoms with E-state index < -0.39 is 12.3 Å². The van der Waals surface area contributed by atoms with E-state index >= 15 is 4.39 Å². The number of hydrogen-bond acceptors (Lipinski definition) is 7. The minimum atomic E-state index is -1.04. The van der Waals surface area contributed by atoms with Crippen molar-refractivity contribution in [2.24, 2.45) is 0 Å². The molecule has 3 heterocycles. The second-order valence-corrected chi connectivity index (χ2v) is 10.0. The lowest BCUT2D eigenvalue weighted by atomic mass is 9.99. The number of hydrogen-bond donors (Lipinski definition) is 3. The van der Waals surface area contributed by atoms with Gasteiger partial charge in [0, 0.05) is 42.2 Å². The number of rotatable bonds is 7. The molecule has 2 aliphatic heterocycles. The summed E-state index contributed by atoms with van der Waals surface area (Å²) < 4.78 is 20.4. The van der Waals surface area contributed by atoms with Crippen LogP contribution in [0.3, 0.4) is 0 Å². The summed E-state index contributed by atoms with van der Waals surface area (Å²) in [6, 6.07) is 13.1. The van der Waals surface area contributed by atoms with Gasteiger partial charge in [0.15, 0.2) is 0 Å². The number of aromatic nitrogens is 1. The fourth-order valence-corrected chi connectivity index (χ4v) is 5.55. The molecule has 9 heteroatoms. The predicted octanol–water partition coefficient (Wildman–Crippen LogP) is 3.52. The Morgan fingerprint density at radius 1 is 1.31 bits per heavy atom. The number of likely N-dealkylation sites (tertiary alicyclic amines) is 1. The molecule has 184 valence electrons. The van der Waals surface area contributed by atoms with Crippen LogP contribution in [0.25, 0.3) is 10.9 Å². The maximum absolute atomic E-state index is 15.1. The van der Waals surface area contributed by atoms with Crippen molar-refractivity contribution in [3.63, 3.8) is 0 Å². The van der Waals surface area contributed by atoms with Crippen molar-refractivity contribution < 1.29 is 19.0 Å². The van der Waals surface area contributed by atoms with Gasteiger partial charge in [-0.3, -0.25) is 14.7 Å². The molecule has 0 spiro atoms. The van der Waals surface area contributed by atoms with Gasteiger partial charge in [-0.25, -0.2) is 4.39 Å². The lowest BCUT2D eigenvalue weighted by Gasteiger charge is -2.36. The third-order valence-electron chi connectivity index (χ3n) is 6.64. The monoisotopic (exact) mass is 496 g/mol. The zero-order chi connectivity index (χ0) is 24.4. The number of thioether (sulfide) groups is 1. The molecular weight excluding hydrogens is 467 g/mol. The van der Waals surface area contributed by atoms with E-state index in [-0.39, 0.29) is 18.5 Å². The van der Waals surface area contributed by atoms with Crippen molar-refractivity contribution in [1.82, 2.24) is 15.2 Å². The number of ether oxygens (including phenoxy) is 1. The average molecular weight is 497 g/mol. The van der Waals surface area contributed by atoms with Crippen LogP contribution in [0.1, 0.15) is 23.7 Å². The first-order valence-corrected chi connectivity index (χ1v) is 12.7. The molecule has 0 aliphatic carbocycles. The highest BCUT2D eigenvalue weighted by molar-refractivity contribution is 8.00. The number of nitrogens with one attached hydrogen (secondary N) is 2. The van der Waals surface area contributed by atoms with E-state index in [1.54, 1.807) is 13.3 Å². The Morgan fingerprint density at radius 2 is 2.20 bits per heavy atom. The Balaban J connectivity index is 1.17. The molecule has 1 saturated heterocycles. The quantitative estimate of drug-likeness (QED) is 0.461. The number of methoxy groups -OCH3 is 1. The van der Waals surface area contributed by atoms with E-state index in [1.165, 1.54) is 11.8 Å². The Morgan fingerprint density at radius 3 is 3.03 bits per heavy atom. The van der Waals surface area contributed by atoms with Gasteiger partial charge in [0.05, 0.1) is 30.2 Å². The van der Waals surface area contributed by atoms with E-state index in [2.05, 4.69) is 15.6 Å². The summed E-state index contributed by atoms with van der Waals surface area (Å²) in [5, 5.41) is 18.1. The number of aliphatic hydroxyl groups is 1. The summed E-state index contributed by atoms with van der Waals surface area (Å²) >= 11 is 1.53. The molecule has 2 aliphatic rings. The molecule has 0 saturated carbocycles. The number of carbonyl (C=O) groups excluding carboxylic acids is 1. The number of alkyl halides is 1. The summed E-state index contributed by atoms with van der Waals surface area (Å²) in [6.45, 7) is 1.84. The molecule has 1 amide bonds. The van der Waals surface area contributed by atoms with Crippen molar-refractivity contribution in [3.05, 3.63) is 59.8 Å². The number of carbonyl (C=O) groups is 1. The first-order valence-electron chi connectivity index (χ1n) is 11.8. The van der Waals surface area contributed by atoms with Crippen LogP contribution in [0.2, 0.25) is 0 Å². The maximum atomic E-state index is 15.1. The van der Waals surface area contributed by atoms with Crippen molar-refractivity contribution in [3.8, 4) is 5.75 Å². The van der Waals surface area contributed by atoms with Crippen LogP contribution in [0.4, 0.5) is 10.1 Å². The summed E-state index contributed by atoms with van der Waals surface area (Å²) in [5.74, 6) is 1.15. The first-order chi connectivity index (χ1) is 17.0. The minimum absolute atomic E-state index is 0.00453.